The Kier molecular flexibility index (Phi) is 10.6. The Morgan fingerprint density at radius 2 is 1.60 bits per heavy atom. The SMILES string of the molecule is Cc1ccc2c(n1)oc1c(-c3nc4ccccc4n3-c3c(-c4ccccc4)cccc3C(C)(C)C)[c-]ccc12.[2H]C([2H])([2H])c1c[c-]c(-c2cc(C([2H])(C)C)c([Si](C)(C)C)cn2)cc1.[Ir]. The van der Waals surface area contributed by atoms with Crippen molar-refractivity contribution in [3.8, 4) is 39.5 Å². The van der Waals surface area contributed by atoms with Crippen molar-refractivity contribution < 1.29 is 30.0 Å². The molecule has 0 atom stereocenters. The van der Waals surface area contributed by atoms with Crippen LogP contribution in [0.3, 0.4) is 0 Å². The Morgan fingerprint density at radius 3 is 2.30 bits per heavy atom. The van der Waals surface area contributed by atoms with Crippen molar-refractivity contribution in [2.75, 3.05) is 0 Å². The van der Waals surface area contributed by atoms with Crippen molar-refractivity contribution in [1.29, 1.82) is 0 Å². The van der Waals surface area contributed by atoms with E-state index in [4.69, 9.17) is 14.9 Å². The molecular weight excluding hydrogens is 929 g/mol. The number of imidazole rings is 1. The molecular formula is C53H52IrN4OSi-2. The maximum absolute atomic E-state index is 8.48. The summed E-state index contributed by atoms with van der Waals surface area (Å²) in [5, 5.41) is 3.19. The summed E-state index contributed by atoms with van der Waals surface area (Å²) in [7, 11) is -1.61. The number of nitrogens with zero attached hydrogens (tertiary/aromatic N) is 4. The Morgan fingerprint density at radius 1 is 0.833 bits per heavy atom. The zero-order valence-electron chi connectivity index (χ0n) is 39.7. The van der Waals surface area contributed by atoms with Gasteiger partial charge in [-0.3, -0.25) is 4.98 Å². The second-order valence-corrected chi connectivity index (χ2v) is 22.5. The molecule has 0 saturated heterocycles. The number of aryl methyl sites for hydroxylation is 2. The van der Waals surface area contributed by atoms with E-state index in [-0.39, 0.29) is 31.1 Å². The third kappa shape index (κ3) is 8.32. The predicted molar refractivity (Wildman–Crippen MR) is 250 cm³/mol. The molecule has 0 aliphatic heterocycles. The average Bonchev–Trinajstić information content (AvgIpc) is 3.81. The van der Waals surface area contributed by atoms with Gasteiger partial charge in [-0.15, -0.1) is 53.6 Å². The largest absolute Gasteiger partial charge is 0.486 e. The van der Waals surface area contributed by atoms with Gasteiger partial charge in [0.25, 0.3) is 0 Å². The van der Waals surface area contributed by atoms with Gasteiger partial charge in [-0.2, -0.15) is 0 Å². The number of aromatic nitrogens is 4. The van der Waals surface area contributed by atoms with Crippen LogP contribution >= 0.6 is 0 Å². The Bertz CT molecular complexity index is 3120. The molecule has 1 radical (unpaired) electrons. The third-order valence-electron chi connectivity index (χ3n) is 10.7. The van der Waals surface area contributed by atoms with E-state index in [0.717, 1.165) is 78.1 Å². The van der Waals surface area contributed by atoms with Crippen LogP contribution in [0.4, 0.5) is 0 Å². The van der Waals surface area contributed by atoms with Crippen LogP contribution in [0.25, 0.3) is 72.6 Å². The van der Waals surface area contributed by atoms with E-state index in [1.165, 1.54) is 16.8 Å². The molecule has 0 N–H and O–H groups in total. The van der Waals surface area contributed by atoms with E-state index < -0.39 is 20.8 Å². The van der Waals surface area contributed by atoms with E-state index >= 15 is 0 Å². The van der Waals surface area contributed by atoms with Crippen molar-refractivity contribution in [2.45, 2.75) is 79.3 Å². The van der Waals surface area contributed by atoms with Crippen molar-refractivity contribution in [3.63, 3.8) is 0 Å². The van der Waals surface area contributed by atoms with Crippen LogP contribution in [-0.4, -0.2) is 27.6 Å². The molecule has 0 fully saturated rings. The second-order valence-electron chi connectivity index (χ2n) is 17.4. The first-order valence-electron chi connectivity index (χ1n) is 22.1. The number of furan rings is 1. The second kappa shape index (κ2) is 16.9. The van der Waals surface area contributed by atoms with E-state index in [0.29, 0.717) is 5.71 Å². The molecule has 305 valence electrons. The van der Waals surface area contributed by atoms with E-state index in [1.54, 1.807) is 12.1 Å². The first-order chi connectivity index (χ1) is 29.7. The zero-order chi connectivity index (χ0) is 45.1. The monoisotopic (exact) mass is 985 g/mol. The average molecular weight is 985 g/mol. The number of para-hydroxylation sites is 3. The predicted octanol–water partition coefficient (Wildman–Crippen LogP) is 13.6. The van der Waals surface area contributed by atoms with Crippen LogP contribution < -0.4 is 5.19 Å². The van der Waals surface area contributed by atoms with Gasteiger partial charge < -0.3 is 14.0 Å². The number of hydrogen-bond donors (Lipinski definition) is 0. The van der Waals surface area contributed by atoms with Crippen LogP contribution in [0.5, 0.6) is 0 Å². The molecule has 4 heterocycles. The summed E-state index contributed by atoms with van der Waals surface area (Å²) in [4.78, 5) is 14.4. The van der Waals surface area contributed by atoms with Crippen molar-refractivity contribution in [1.82, 2.24) is 19.5 Å². The fourth-order valence-corrected chi connectivity index (χ4v) is 9.32. The first-order valence-corrected chi connectivity index (χ1v) is 23.6. The number of pyridine rings is 2. The smallest absolute Gasteiger partial charge is 0.216 e. The summed E-state index contributed by atoms with van der Waals surface area (Å²) < 4.78 is 39.5. The number of hydrogen-bond acceptors (Lipinski definition) is 4. The van der Waals surface area contributed by atoms with Gasteiger partial charge in [-0.1, -0.05) is 144 Å². The van der Waals surface area contributed by atoms with E-state index in [2.05, 4.69) is 140 Å². The van der Waals surface area contributed by atoms with Crippen LogP contribution in [0, 0.1) is 25.9 Å². The van der Waals surface area contributed by atoms with Crippen molar-refractivity contribution in [3.05, 3.63) is 162 Å². The molecule has 0 unspecified atom stereocenters. The third-order valence-corrected chi connectivity index (χ3v) is 12.7. The number of fused-ring (bicyclic) bond motifs is 4. The van der Waals surface area contributed by atoms with Gasteiger partial charge in [-0.05, 0) is 64.5 Å². The van der Waals surface area contributed by atoms with Crippen LogP contribution in [-0.2, 0) is 25.5 Å². The molecule has 0 amide bonds. The van der Waals surface area contributed by atoms with Crippen molar-refractivity contribution in [2.24, 2.45) is 0 Å². The zero-order valence-corrected chi connectivity index (χ0v) is 39.0. The Hall–Kier alpha value is -5.46. The van der Waals surface area contributed by atoms with Crippen molar-refractivity contribution >= 4 is 46.4 Å². The molecule has 9 rings (SSSR count). The van der Waals surface area contributed by atoms with Gasteiger partial charge in [0.1, 0.15) is 0 Å². The van der Waals surface area contributed by atoms with Crippen LogP contribution in [0.2, 0.25) is 19.6 Å². The van der Waals surface area contributed by atoms with Gasteiger partial charge in [0.05, 0.1) is 36.2 Å². The Balaban J connectivity index is 0.000000212. The summed E-state index contributed by atoms with van der Waals surface area (Å²) in [6, 6.07) is 46.9. The molecule has 5 aromatic carbocycles. The summed E-state index contributed by atoms with van der Waals surface area (Å²) >= 11 is 0. The molecule has 9 aromatic rings. The van der Waals surface area contributed by atoms with Gasteiger partial charge in [-0.25, -0.2) is 4.98 Å². The van der Waals surface area contributed by atoms with Gasteiger partial charge in [0.15, 0.2) is 0 Å². The minimum atomic E-state index is -2.13. The molecule has 7 heteroatoms. The molecule has 0 aliphatic carbocycles. The van der Waals surface area contributed by atoms with E-state index in [1.807, 2.05) is 57.3 Å². The molecule has 0 saturated carbocycles. The number of rotatable bonds is 6. The van der Waals surface area contributed by atoms with Gasteiger partial charge in [0, 0.05) is 48.4 Å². The van der Waals surface area contributed by atoms with Gasteiger partial charge in [0.2, 0.25) is 5.71 Å². The summed E-state index contributed by atoms with van der Waals surface area (Å²) in [6.07, 6.45) is 1.89. The molecule has 5 nitrogen and oxygen atoms in total. The maximum Gasteiger partial charge on any atom is 0.216 e. The van der Waals surface area contributed by atoms with Crippen LogP contribution in [0.15, 0.2) is 132 Å². The normalized spacial score (nSPS) is 13.2. The number of benzene rings is 5. The van der Waals surface area contributed by atoms with Crippen LogP contribution in [0.1, 0.15) is 68.4 Å². The minimum absolute atomic E-state index is 0. The quantitative estimate of drug-likeness (QED) is 0.123. The molecule has 0 spiro atoms. The first kappa shape index (κ1) is 37.5. The van der Waals surface area contributed by atoms with E-state index in [9.17, 15) is 0 Å². The summed E-state index contributed by atoms with van der Waals surface area (Å²) in [5.74, 6) is 0.0813. The Labute approximate surface area is 374 Å². The van der Waals surface area contributed by atoms with Gasteiger partial charge >= 0.3 is 0 Å². The fraction of sp³-hybridized carbons (Fsp3) is 0.226. The molecule has 60 heavy (non-hydrogen) atoms. The maximum atomic E-state index is 8.48. The molecule has 0 bridgehead atoms. The summed E-state index contributed by atoms with van der Waals surface area (Å²) in [5.41, 5.74) is 12.4. The standard InChI is InChI=1S/C35H28N3O.C18H24NSi.Ir/c1-22-20-21-26-25-15-10-16-27(32(25)39-34(26)36-22)33-37-29-18-8-9-19-30(29)38(33)31-24(23-12-6-5-7-13-23)14-11-17-28(31)35(2,3)4;1-13(2)16-11-17(15-9-7-14(3)8-10-15)19-12-18(16)20(4,5)6;/h5-15,17-21H,1-4H3;7-9,11-13H,1-6H3;/q2*-1;/i;3D3,13D;. The minimum Gasteiger partial charge on any atom is -0.486 e. The molecule has 4 aromatic heterocycles. The summed E-state index contributed by atoms with van der Waals surface area (Å²) in [6.45, 7) is 17.2. The topological polar surface area (TPSA) is 56.7 Å². The fourth-order valence-electron chi connectivity index (χ4n) is 7.74. The molecule has 0 aliphatic rings.